The van der Waals surface area contributed by atoms with Crippen LogP contribution in [0.4, 0.5) is 4.39 Å². The van der Waals surface area contributed by atoms with Crippen LogP contribution in [0.15, 0.2) is 35.7 Å². The number of halogens is 1. The number of likely N-dealkylation sites (N-methyl/N-ethyl adjacent to an activating group) is 1. The second-order valence-corrected chi connectivity index (χ2v) is 5.93. The second kappa shape index (κ2) is 6.97. The van der Waals surface area contributed by atoms with Crippen molar-refractivity contribution in [3.8, 4) is 0 Å². The van der Waals surface area contributed by atoms with Gasteiger partial charge >= 0.3 is 0 Å². The minimum atomic E-state index is -0.198. The highest BCUT2D eigenvalue weighted by Crippen LogP contribution is 2.26. The quantitative estimate of drug-likeness (QED) is 0.879. The molecule has 108 valence electrons. The van der Waals surface area contributed by atoms with Crippen molar-refractivity contribution < 1.29 is 4.39 Å². The molecule has 1 aromatic carbocycles. The Labute approximate surface area is 124 Å². The maximum absolute atomic E-state index is 13.5. The highest BCUT2D eigenvalue weighted by molar-refractivity contribution is 7.09. The zero-order valence-electron chi connectivity index (χ0n) is 12.0. The number of aryl methyl sites for hydroxylation is 1. The molecule has 0 aliphatic heterocycles. The third-order valence-corrected chi connectivity index (χ3v) is 4.47. The molecule has 2 aromatic rings. The van der Waals surface area contributed by atoms with Gasteiger partial charge in [-0.3, -0.25) is 4.90 Å². The molecule has 0 amide bonds. The molecule has 0 aliphatic rings. The lowest BCUT2D eigenvalue weighted by Gasteiger charge is -2.30. The van der Waals surface area contributed by atoms with E-state index in [0.29, 0.717) is 6.54 Å². The summed E-state index contributed by atoms with van der Waals surface area (Å²) in [6.45, 7) is 6.35. The number of nitrogens with two attached hydrogens (primary N) is 1. The fraction of sp³-hybridized carbons (Fsp3) is 0.375. The molecule has 1 atom stereocenters. The molecular formula is C16H21FN2S. The maximum Gasteiger partial charge on any atom is 0.123 e. The van der Waals surface area contributed by atoms with Gasteiger partial charge in [0.1, 0.15) is 5.82 Å². The molecule has 0 aliphatic carbocycles. The standard InChI is InChI=1S/C16H21FN2S/c1-3-19(11-14-5-4-8-20-14)16(10-18)15-9-13(17)7-6-12(15)2/h4-9,16H,3,10-11,18H2,1-2H3. The summed E-state index contributed by atoms with van der Waals surface area (Å²) in [7, 11) is 0. The molecule has 1 aromatic heterocycles. The van der Waals surface area contributed by atoms with Crippen LogP contribution in [-0.2, 0) is 6.54 Å². The Bertz CT molecular complexity index is 539. The first-order chi connectivity index (χ1) is 9.65. The smallest absolute Gasteiger partial charge is 0.123 e. The molecule has 2 nitrogen and oxygen atoms in total. The van der Waals surface area contributed by atoms with Gasteiger partial charge in [0.25, 0.3) is 0 Å². The summed E-state index contributed by atoms with van der Waals surface area (Å²) in [5.74, 6) is -0.198. The highest BCUT2D eigenvalue weighted by Gasteiger charge is 2.20. The normalized spacial score (nSPS) is 12.8. The first-order valence-electron chi connectivity index (χ1n) is 6.88. The van der Waals surface area contributed by atoms with Crippen LogP contribution in [0.5, 0.6) is 0 Å². The number of rotatable bonds is 6. The number of nitrogens with zero attached hydrogens (tertiary/aromatic N) is 1. The molecule has 1 heterocycles. The van der Waals surface area contributed by atoms with Crippen LogP contribution in [0, 0.1) is 12.7 Å². The van der Waals surface area contributed by atoms with Crippen molar-refractivity contribution in [2.24, 2.45) is 5.73 Å². The Balaban J connectivity index is 2.26. The Kier molecular flexibility index (Phi) is 5.29. The summed E-state index contributed by atoms with van der Waals surface area (Å²) >= 11 is 1.74. The lowest BCUT2D eigenvalue weighted by atomic mass is 9.99. The molecule has 0 spiro atoms. The van der Waals surface area contributed by atoms with E-state index in [1.807, 2.05) is 13.0 Å². The van der Waals surface area contributed by atoms with E-state index in [-0.39, 0.29) is 11.9 Å². The first-order valence-corrected chi connectivity index (χ1v) is 7.76. The van der Waals surface area contributed by atoms with Crippen LogP contribution in [0.3, 0.4) is 0 Å². The van der Waals surface area contributed by atoms with Gasteiger partial charge in [-0.2, -0.15) is 0 Å². The third-order valence-electron chi connectivity index (χ3n) is 3.61. The van der Waals surface area contributed by atoms with Crippen molar-refractivity contribution in [3.63, 3.8) is 0 Å². The fourth-order valence-corrected chi connectivity index (χ4v) is 3.22. The molecule has 0 saturated heterocycles. The minimum absolute atomic E-state index is 0.0535. The number of benzene rings is 1. The van der Waals surface area contributed by atoms with Crippen LogP contribution in [0.2, 0.25) is 0 Å². The van der Waals surface area contributed by atoms with E-state index >= 15 is 0 Å². The molecule has 0 bridgehead atoms. The van der Waals surface area contributed by atoms with Gasteiger partial charge in [-0.15, -0.1) is 11.3 Å². The molecule has 0 saturated carbocycles. The fourth-order valence-electron chi connectivity index (χ4n) is 2.49. The van der Waals surface area contributed by atoms with Gasteiger partial charge in [-0.25, -0.2) is 4.39 Å². The van der Waals surface area contributed by atoms with Gasteiger partial charge in [-0.1, -0.05) is 19.1 Å². The predicted molar refractivity (Wildman–Crippen MR) is 83.3 cm³/mol. The van der Waals surface area contributed by atoms with E-state index in [1.165, 1.54) is 10.9 Å². The van der Waals surface area contributed by atoms with Gasteiger partial charge < -0.3 is 5.73 Å². The molecule has 2 rings (SSSR count). The predicted octanol–water partition coefficient (Wildman–Crippen LogP) is 3.72. The minimum Gasteiger partial charge on any atom is -0.329 e. The maximum atomic E-state index is 13.5. The monoisotopic (exact) mass is 292 g/mol. The van der Waals surface area contributed by atoms with Gasteiger partial charge in [0, 0.05) is 24.0 Å². The van der Waals surface area contributed by atoms with Crippen molar-refractivity contribution in [1.29, 1.82) is 0 Å². The number of hydrogen-bond acceptors (Lipinski definition) is 3. The molecule has 20 heavy (non-hydrogen) atoms. The van der Waals surface area contributed by atoms with E-state index in [1.54, 1.807) is 17.4 Å². The topological polar surface area (TPSA) is 29.3 Å². The lowest BCUT2D eigenvalue weighted by Crippen LogP contribution is -2.33. The van der Waals surface area contributed by atoms with E-state index < -0.39 is 0 Å². The summed E-state index contributed by atoms with van der Waals surface area (Å²) < 4.78 is 13.5. The van der Waals surface area contributed by atoms with Crippen molar-refractivity contribution in [2.75, 3.05) is 13.1 Å². The summed E-state index contributed by atoms with van der Waals surface area (Å²) in [6.07, 6.45) is 0. The molecular weight excluding hydrogens is 271 g/mol. The van der Waals surface area contributed by atoms with Crippen LogP contribution in [0.1, 0.15) is 29.0 Å². The SMILES string of the molecule is CCN(Cc1cccs1)C(CN)c1cc(F)ccc1C. The average molecular weight is 292 g/mol. The van der Waals surface area contributed by atoms with Crippen LogP contribution in [0.25, 0.3) is 0 Å². The zero-order chi connectivity index (χ0) is 14.5. The van der Waals surface area contributed by atoms with Crippen molar-refractivity contribution in [3.05, 3.63) is 57.5 Å². The van der Waals surface area contributed by atoms with Gasteiger partial charge in [0.05, 0.1) is 0 Å². The van der Waals surface area contributed by atoms with Crippen LogP contribution < -0.4 is 5.73 Å². The zero-order valence-corrected chi connectivity index (χ0v) is 12.8. The average Bonchev–Trinajstić information content (AvgIpc) is 2.95. The van der Waals surface area contributed by atoms with Gasteiger partial charge in [-0.05, 0) is 48.2 Å². The highest BCUT2D eigenvalue weighted by atomic mass is 32.1. The molecule has 0 radical (unpaired) electrons. The molecule has 1 unspecified atom stereocenters. The summed E-state index contributed by atoms with van der Waals surface area (Å²) in [5, 5.41) is 2.08. The van der Waals surface area contributed by atoms with E-state index in [9.17, 15) is 4.39 Å². The Morgan fingerprint density at radius 3 is 2.75 bits per heavy atom. The van der Waals surface area contributed by atoms with Crippen molar-refractivity contribution >= 4 is 11.3 Å². The van der Waals surface area contributed by atoms with Crippen LogP contribution >= 0.6 is 11.3 Å². The summed E-state index contributed by atoms with van der Waals surface area (Å²) in [4.78, 5) is 3.60. The summed E-state index contributed by atoms with van der Waals surface area (Å²) in [5.41, 5.74) is 8.05. The van der Waals surface area contributed by atoms with Gasteiger partial charge in [0.15, 0.2) is 0 Å². The van der Waals surface area contributed by atoms with Gasteiger partial charge in [0.2, 0.25) is 0 Å². The largest absolute Gasteiger partial charge is 0.329 e. The number of hydrogen-bond donors (Lipinski definition) is 1. The van der Waals surface area contributed by atoms with E-state index in [4.69, 9.17) is 5.73 Å². The third kappa shape index (κ3) is 3.45. The first kappa shape index (κ1) is 15.2. The Morgan fingerprint density at radius 2 is 2.15 bits per heavy atom. The van der Waals surface area contributed by atoms with Crippen molar-refractivity contribution in [1.82, 2.24) is 4.90 Å². The van der Waals surface area contributed by atoms with E-state index in [0.717, 1.165) is 24.2 Å². The van der Waals surface area contributed by atoms with E-state index in [2.05, 4.69) is 29.3 Å². The van der Waals surface area contributed by atoms with Crippen LogP contribution in [-0.4, -0.2) is 18.0 Å². The summed E-state index contributed by atoms with van der Waals surface area (Å²) in [6, 6.07) is 9.17. The number of thiophene rings is 1. The molecule has 4 heteroatoms. The second-order valence-electron chi connectivity index (χ2n) is 4.89. The molecule has 0 fully saturated rings. The lowest BCUT2D eigenvalue weighted by molar-refractivity contribution is 0.204. The Hall–Kier alpha value is -1.23. The van der Waals surface area contributed by atoms with Crippen molar-refractivity contribution in [2.45, 2.75) is 26.4 Å². The molecule has 2 N–H and O–H groups in total. The Morgan fingerprint density at radius 1 is 1.35 bits per heavy atom.